The van der Waals surface area contributed by atoms with Crippen molar-refractivity contribution in [3.05, 3.63) is 95.1 Å². The van der Waals surface area contributed by atoms with Gasteiger partial charge >= 0.3 is 0 Å². The summed E-state index contributed by atoms with van der Waals surface area (Å²) in [6, 6.07) is 18.8. The van der Waals surface area contributed by atoms with E-state index >= 15 is 0 Å². The summed E-state index contributed by atoms with van der Waals surface area (Å²) >= 11 is 0. The van der Waals surface area contributed by atoms with Crippen LogP contribution < -0.4 is 0 Å². The first-order valence-electron chi connectivity index (χ1n) is 8.36. The molecule has 0 aliphatic rings. The van der Waals surface area contributed by atoms with E-state index in [1.165, 1.54) is 12.1 Å². The third-order valence-corrected chi connectivity index (χ3v) is 4.01. The van der Waals surface area contributed by atoms with Gasteiger partial charge in [-0.1, -0.05) is 55.5 Å². The molecule has 0 saturated heterocycles. The van der Waals surface area contributed by atoms with Crippen molar-refractivity contribution in [1.82, 2.24) is 0 Å². The lowest BCUT2D eigenvalue weighted by Gasteiger charge is -2.05. The molecule has 3 aromatic rings. The number of aryl methyl sites for hydroxylation is 1. The highest BCUT2D eigenvalue weighted by molar-refractivity contribution is 5.83. The monoisotopic (exact) mass is 348 g/mol. The highest BCUT2D eigenvalue weighted by Gasteiger charge is 2.05. The van der Waals surface area contributed by atoms with Crippen molar-refractivity contribution in [2.45, 2.75) is 13.3 Å². The van der Waals surface area contributed by atoms with Crippen molar-refractivity contribution in [3.8, 4) is 11.1 Å². The second-order valence-electron chi connectivity index (χ2n) is 5.83. The number of hydrogen-bond donors (Lipinski definition) is 0. The van der Waals surface area contributed by atoms with E-state index in [2.05, 4.69) is 10.2 Å². The molecule has 130 valence electrons. The molecule has 0 radical (unpaired) electrons. The van der Waals surface area contributed by atoms with Gasteiger partial charge in [0.15, 0.2) is 0 Å². The second kappa shape index (κ2) is 8.30. The van der Waals surface area contributed by atoms with Crippen LogP contribution in [0.25, 0.3) is 11.1 Å². The van der Waals surface area contributed by atoms with Crippen molar-refractivity contribution in [3.63, 3.8) is 0 Å². The third kappa shape index (κ3) is 4.48. The maximum atomic E-state index is 14.2. The Bertz CT molecular complexity index is 927. The van der Waals surface area contributed by atoms with E-state index in [1.54, 1.807) is 30.6 Å². The SMILES string of the molecule is CCc1ccc(-c2ccc(C=NN=Cc3ccc(F)cc3)cc2)c(F)c1. The largest absolute Gasteiger partial charge is 0.207 e. The third-order valence-electron chi connectivity index (χ3n) is 4.01. The Kier molecular flexibility index (Phi) is 5.64. The molecule has 0 amide bonds. The van der Waals surface area contributed by atoms with Gasteiger partial charge in [0, 0.05) is 5.56 Å². The Labute approximate surface area is 151 Å². The van der Waals surface area contributed by atoms with E-state index < -0.39 is 0 Å². The van der Waals surface area contributed by atoms with Crippen LogP contribution >= 0.6 is 0 Å². The minimum Gasteiger partial charge on any atom is -0.207 e. The van der Waals surface area contributed by atoms with Gasteiger partial charge in [0.05, 0.1) is 12.4 Å². The maximum absolute atomic E-state index is 14.2. The van der Waals surface area contributed by atoms with Crippen molar-refractivity contribution < 1.29 is 8.78 Å². The summed E-state index contributed by atoms with van der Waals surface area (Å²) in [5.41, 5.74) is 4.01. The quantitative estimate of drug-likeness (QED) is 0.421. The highest BCUT2D eigenvalue weighted by atomic mass is 19.1. The zero-order chi connectivity index (χ0) is 18.4. The molecular formula is C22H18F2N2. The molecule has 0 aliphatic heterocycles. The highest BCUT2D eigenvalue weighted by Crippen LogP contribution is 2.24. The summed E-state index contributed by atoms with van der Waals surface area (Å²) in [4.78, 5) is 0. The molecule has 3 rings (SSSR count). The fourth-order valence-electron chi connectivity index (χ4n) is 2.51. The van der Waals surface area contributed by atoms with Crippen LogP contribution in [0.4, 0.5) is 8.78 Å². The lowest BCUT2D eigenvalue weighted by molar-refractivity contribution is 0.627. The van der Waals surface area contributed by atoms with Gasteiger partial charge in [-0.2, -0.15) is 10.2 Å². The Morgan fingerprint density at radius 3 is 1.88 bits per heavy atom. The summed E-state index contributed by atoms with van der Waals surface area (Å²) in [5, 5.41) is 7.92. The molecule has 0 fully saturated rings. The van der Waals surface area contributed by atoms with E-state index in [9.17, 15) is 8.78 Å². The lowest BCUT2D eigenvalue weighted by Crippen LogP contribution is -1.89. The fourth-order valence-corrected chi connectivity index (χ4v) is 2.51. The maximum Gasteiger partial charge on any atom is 0.131 e. The van der Waals surface area contributed by atoms with Crippen LogP contribution in [-0.4, -0.2) is 12.4 Å². The molecular weight excluding hydrogens is 330 g/mol. The minimum atomic E-state index is -0.286. The van der Waals surface area contributed by atoms with Crippen LogP contribution in [0.5, 0.6) is 0 Å². The molecule has 0 atom stereocenters. The van der Waals surface area contributed by atoms with Gasteiger partial charge in [0.25, 0.3) is 0 Å². The van der Waals surface area contributed by atoms with E-state index in [1.807, 2.05) is 43.3 Å². The van der Waals surface area contributed by atoms with Crippen molar-refractivity contribution >= 4 is 12.4 Å². The van der Waals surface area contributed by atoms with E-state index in [4.69, 9.17) is 0 Å². The predicted octanol–water partition coefficient (Wildman–Crippen LogP) is 5.65. The number of nitrogens with zero attached hydrogens (tertiary/aromatic N) is 2. The summed E-state index contributed by atoms with van der Waals surface area (Å²) in [5.74, 6) is -0.499. The molecule has 0 saturated carbocycles. The fraction of sp³-hybridized carbons (Fsp3) is 0.0909. The van der Waals surface area contributed by atoms with Crippen LogP contribution in [0.3, 0.4) is 0 Å². The predicted molar refractivity (Wildman–Crippen MR) is 103 cm³/mol. The molecule has 2 nitrogen and oxygen atoms in total. The van der Waals surface area contributed by atoms with Gasteiger partial charge in [0.1, 0.15) is 11.6 Å². The zero-order valence-corrected chi connectivity index (χ0v) is 14.4. The van der Waals surface area contributed by atoms with Crippen molar-refractivity contribution in [2.75, 3.05) is 0 Å². The average molecular weight is 348 g/mol. The Morgan fingerprint density at radius 2 is 1.35 bits per heavy atom. The number of benzene rings is 3. The number of halogens is 2. The van der Waals surface area contributed by atoms with Gasteiger partial charge in [0.2, 0.25) is 0 Å². The summed E-state index contributed by atoms with van der Waals surface area (Å²) in [6.07, 6.45) is 3.97. The summed E-state index contributed by atoms with van der Waals surface area (Å²) < 4.78 is 27.0. The first-order valence-corrected chi connectivity index (χ1v) is 8.36. The molecule has 0 heterocycles. The second-order valence-corrected chi connectivity index (χ2v) is 5.83. The molecule has 0 aromatic heterocycles. The molecule has 3 aromatic carbocycles. The Morgan fingerprint density at radius 1 is 0.769 bits per heavy atom. The van der Waals surface area contributed by atoms with Crippen LogP contribution in [0, 0.1) is 11.6 Å². The van der Waals surface area contributed by atoms with Crippen LogP contribution in [0.2, 0.25) is 0 Å². The molecule has 26 heavy (non-hydrogen) atoms. The van der Waals surface area contributed by atoms with E-state index in [-0.39, 0.29) is 11.6 Å². The molecule has 0 bridgehead atoms. The lowest BCUT2D eigenvalue weighted by atomic mass is 10.0. The molecule has 0 aliphatic carbocycles. The van der Waals surface area contributed by atoms with Crippen LogP contribution in [0.1, 0.15) is 23.6 Å². The first kappa shape index (κ1) is 17.7. The van der Waals surface area contributed by atoms with E-state index in [0.29, 0.717) is 5.56 Å². The van der Waals surface area contributed by atoms with Crippen LogP contribution in [-0.2, 0) is 6.42 Å². The molecule has 4 heteroatoms. The standard InChI is InChI=1S/C22H18F2N2/c1-2-16-7-12-21(22(24)13-16)19-8-3-17(4-9-19)14-25-26-15-18-5-10-20(23)11-6-18/h3-15H,2H2,1H3. The normalized spacial score (nSPS) is 11.5. The minimum absolute atomic E-state index is 0.213. The summed E-state index contributed by atoms with van der Waals surface area (Å²) in [6.45, 7) is 2.00. The van der Waals surface area contributed by atoms with Gasteiger partial charge in [-0.3, -0.25) is 0 Å². The van der Waals surface area contributed by atoms with Crippen molar-refractivity contribution in [1.29, 1.82) is 0 Å². The zero-order valence-electron chi connectivity index (χ0n) is 14.4. The topological polar surface area (TPSA) is 24.7 Å². The summed E-state index contributed by atoms with van der Waals surface area (Å²) in [7, 11) is 0. The van der Waals surface area contributed by atoms with Gasteiger partial charge in [-0.25, -0.2) is 8.78 Å². The van der Waals surface area contributed by atoms with E-state index in [0.717, 1.165) is 28.7 Å². The van der Waals surface area contributed by atoms with Crippen LogP contribution in [0.15, 0.2) is 76.9 Å². The van der Waals surface area contributed by atoms with Gasteiger partial charge in [-0.05, 0) is 46.9 Å². The molecule has 0 unspecified atom stereocenters. The number of hydrogen-bond acceptors (Lipinski definition) is 2. The molecule has 0 spiro atoms. The van der Waals surface area contributed by atoms with Crippen molar-refractivity contribution in [2.24, 2.45) is 10.2 Å². The first-order chi connectivity index (χ1) is 12.7. The Balaban J connectivity index is 1.68. The van der Waals surface area contributed by atoms with Gasteiger partial charge in [-0.15, -0.1) is 0 Å². The molecule has 0 N–H and O–H groups in total. The van der Waals surface area contributed by atoms with Gasteiger partial charge < -0.3 is 0 Å². The average Bonchev–Trinajstić information content (AvgIpc) is 2.67. The number of rotatable bonds is 5. The Hall–Kier alpha value is -3.14. The smallest absolute Gasteiger partial charge is 0.131 e.